The Bertz CT molecular complexity index is 1350. The first-order valence-electron chi connectivity index (χ1n) is 12.9. The number of rotatable bonds is 9. The highest BCUT2D eigenvalue weighted by Gasteiger charge is 2.48. The van der Waals surface area contributed by atoms with Crippen molar-refractivity contribution in [3.63, 3.8) is 0 Å². The summed E-state index contributed by atoms with van der Waals surface area (Å²) in [5.74, 6) is 1.91. The number of hydrogen-bond acceptors (Lipinski definition) is 6. The molecule has 2 N–H and O–H groups in total. The molecule has 1 aromatic carbocycles. The monoisotopic (exact) mass is 531 g/mol. The minimum absolute atomic E-state index is 0.0140. The highest BCUT2D eigenvalue weighted by Crippen LogP contribution is 2.54. The van der Waals surface area contributed by atoms with Crippen LogP contribution in [0, 0.1) is 24.7 Å². The van der Waals surface area contributed by atoms with Gasteiger partial charge in [0.15, 0.2) is 5.58 Å². The number of hydrogen-bond donors (Lipinski definition) is 2. The van der Waals surface area contributed by atoms with Crippen molar-refractivity contribution in [3.8, 4) is 0 Å². The summed E-state index contributed by atoms with van der Waals surface area (Å²) in [6.45, 7) is 1.36. The van der Waals surface area contributed by atoms with Gasteiger partial charge in [-0.3, -0.25) is 4.79 Å². The number of nitrogens with one attached hydrogen (secondary N) is 2. The van der Waals surface area contributed by atoms with E-state index in [-0.39, 0.29) is 24.8 Å². The number of alkyl halides is 3. The molecular formula is C26H28F3N5O4. The lowest BCUT2D eigenvalue weighted by atomic mass is 9.89. The Balaban J connectivity index is 1.23. The first-order chi connectivity index (χ1) is 18.1. The van der Waals surface area contributed by atoms with E-state index in [9.17, 15) is 22.8 Å². The summed E-state index contributed by atoms with van der Waals surface area (Å²) in [5.41, 5.74) is 2.38. The number of nitrogens with zero attached hydrogens (tertiary/aromatic N) is 3. The smallest absolute Gasteiger partial charge is 0.410 e. The second kappa shape index (κ2) is 9.32. The highest BCUT2D eigenvalue weighted by atomic mass is 19.4. The molecular weight excluding hydrogens is 503 g/mol. The van der Waals surface area contributed by atoms with Gasteiger partial charge in [0.2, 0.25) is 11.8 Å². The highest BCUT2D eigenvalue weighted by molar-refractivity contribution is 5.79. The summed E-state index contributed by atoms with van der Waals surface area (Å²) in [6, 6.07) is 3.82. The quantitative estimate of drug-likeness (QED) is 0.423. The molecule has 2 aromatic heterocycles. The van der Waals surface area contributed by atoms with E-state index >= 15 is 0 Å². The van der Waals surface area contributed by atoms with E-state index in [2.05, 4.69) is 10.5 Å². The fraction of sp³-hybridized carbons (Fsp3) is 0.538. The number of amides is 3. The Morgan fingerprint density at radius 1 is 1.21 bits per heavy atom. The van der Waals surface area contributed by atoms with E-state index < -0.39 is 30.8 Å². The van der Waals surface area contributed by atoms with Crippen LogP contribution in [-0.4, -0.2) is 45.7 Å². The minimum atomic E-state index is -4.50. The number of halogens is 3. The van der Waals surface area contributed by atoms with Crippen LogP contribution < -0.4 is 10.6 Å². The van der Waals surface area contributed by atoms with Gasteiger partial charge in [-0.25, -0.2) is 9.78 Å². The molecule has 0 spiro atoms. The van der Waals surface area contributed by atoms with Gasteiger partial charge in [0.05, 0.1) is 18.7 Å². The van der Waals surface area contributed by atoms with Crippen molar-refractivity contribution < 1.29 is 31.7 Å². The molecule has 202 valence electrons. The number of urea groups is 1. The number of carbonyl (C=O) groups is 2. The van der Waals surface area contributed by atoms with Crippen molar-refractivity contribution >= 4 is 23.0 Å². The van der Waals surface area contributed by atoms with Crippen molar-refractivity contribution in [2.45, 2.75) is 63.8 Å². The summed E-state index contributed by atoms with van der Waals surface area (Å²) in [6.07, 6.45) is -0.0144. The lowest BCUT2D eigenvalue weighted by molar-refractivity contribution is -0.149. The van der Waals surface area contributed by atoms with Gasteiger partial charge in [0.1, 0.15) is 23.4 Å². The molecule has 2 aliphatic carbocycles. The summed E-state index contributed by atoms with van der Waals surface area (Å²) in [4.78, 5) is 30.9. The first-order valence-corrected chi connectivity index (χ1v) is 12.9. The molecule has 0 bridgehead atoms. The van der Waals surface area contributed by atoms with Crippen LogP contribution in [0.2, 0.25) is 0 Å². The zero-order valence-corrected chi connectivity index (χ0v) is 20.8. The second-order valence-corrected chi connectivity index (χ2v) is 10.7. The average molecular weight is 532 g/mol. The van der Waals surface area contributed by atoms with Crippen LogP contribution in [0.3, 0.4) is 0 Å². The zero-order valence-electron chi connectivity index (χ0n) is 20.8. The summed E-state index contributed by atoms with van der Waals surface area (Å²) in [5, 5.41) is 8.96. The molecule has 2 unspecified atom stereocenters. The Morgan fingerprint density at radius 2 is 1.95 bits per heavy atom. The van der Waals surface area contributed by atoms with Crippen LogP contribution in [0.1, 0.15) is 54.6 Å². The SMILES string of the molecule is Cc1cc(CC(=O)NC(c2nc3cc(CN4CC(C(F)(F)F)NC4=O)ccc3o2)C(C2CC2)C2CC2)on1. The van der Waals surface area contributed by atoms with E-state index in [4.69, 9.17) is 13.9 Å². The van der Waals surface area contributed by atoms with Gasteiger partial charge in [0, 0.05) is 12.6 Å². The molecule has 3 heterocycles. The van der Waals surface area contributed by atoms with Crippen LogP contribution in [0.5, 0.6) is 0 Å². The molecule has 38 heavy (non-hydrogen) atoms. The molecule has 3 fully saturated rings. The average Bonchev–Trinajstić information content (AvgIpc) is 3.75. The number of aromatic nitrogens is 2. The largest absolute Gasteiger partial charge is 0.438 e. The van der Waals surface area contributed by atoms with Crippen molar-refractivity contribution in [2.24, 2.45) is 17.8 Å². The van der Waals surface area contributed by atoms with Crippen molar-refractivity contribution in [3.05, 3.63) is 47.2 Å². The van der Waals surface area contributed by atoms with Crippen LogP contribution in [-0.2, 0) is 17.8 Å². The van der Waals surface area contributed by atoms with Crippen LogP contribution in [0.4, 0.5) is 18.0 Å². The molecule has 1 saturated heterocycles. The van der Waals surface area contributed by atoms with Gasteiger partial charge in [-0.05, 0) is 68.1 Å². The molecule has 0 radical (unpaired) electrons. The molecule has 12 heteroatoms. The summed E-state index contributed by atoms with van der Waals surface area (Å²) in [7, 11) is 0. The zero-order chi connectivity index (χ0) is 26.6. The molecule has 3 aliphatic rings. The van der Waals surface area contributed by atoms with Gasteiger partial charge >= 0.3 is 12.2 Å². The van der Waals surface area contributed by atoms with E-state index in [0.717, 1.165) is 30.6 Å². The molecule has 2 atom stereocenters. The topological polar surface area (TPSA) is 114 Å². The van der Waals surface area contributed by atoms with E-state index in [1.807, 2.05) is 5.32 Å². The van der Waals surface area contributed by atoms with Gasteiger partial charge in [-0.15, -0.1) is 0 Å². The Kier molecular flexibility index (Phi) is 6.07. The molecule has 2 saturated carbocycles. The van der Waals surface area contributed by atoms with Crippen molar-refractivity contribution in [1.29, 1.82) is 0 Å². The fourth-order valence-corrected chi connectivity index (χ4v) is 5.45. The molecule has 3 amide bonds. The Hall–Kier alpha value is -3.57. The van der Waals surface area contributed by atoms with Crippen LogP contribution in [0.15, 0.2) is 33.2 Å². The molecule has 1 aliphatic heterocycles. The van der Waals surface area contributed by atoms with Gasteiger partial charge in [-0.2, -0.15) is 13.2 Å². The predicted octanol–water partition coefficient (Wildman–Crippen LogP) is 4.42. The number of benzene rings is 1. The third-order valence-electron chi connectivity index (χ3n) is 7.54. The van der Waals surface area contributed by atoms with Gasteiger partial charge in [-0.1, -0.05) is 11.2 Å². The third-order valence-corrected chi connectivity index (χ3v) is 7.54. The normalized spacial score (nSPS) is 20.8. The minimum Gasteiger partial charge on any atom is -0.438 e. The van der Waals surface area contributed by atoms with Crippen molar-refractivity contribution in [2.75, 3.05) is 6.54 Å². The Morgan fingerprint density at radius 3 is 2.55 bits per heavy atom. The van der Waals surface area contributed by atoms with E-state index in [1.165, 1.54) is 0 Å². The van der Waals surface area contributed by atoms with Gasteiger partial charge in [0.25, 0.3) is 0 Å². The van der Waals surface area contributed by atoms with Crippen LogP contribution >= 0.6 is 0 Å². The molecule has 3 aromatic rings. The first kappa shape index (κ1) is 24.7. The maximum absolute atomic E-state index is 13.0. The number of oxazole rings is 1. The molecule has 9 nitrogen and oxygen atoms in total. The number of fused-ring (bicyclic) bond motifs is 1. The Labute approximate surface area is 216 Å². The standard InChI is InChI=1S/C26H28F3N5O4/c1-13-8-17(38-33-13)10-21(35)32-23(22(15-3-4-15)16-5-6-16)24-30-18-9-14(2-7-19(18)37-24)11-34-12-20(26(27,28)29)31-25(34)36/h2,7-9,15-16,20,22-23H,3-6,10-12H2,1H3,(H,31,36)(H,32,35). The lowest BCUT2D eigenvalue weighted by Gasteiger charge is -2.25. The summed E-state index contributed by atoms with van der Waals surface area (Å²) >= 11 is 0. The van der Waals surface area contributed by atoms with Crippen molar-refractivity contribution in [1.82, 2.24) is 25.7 Å². The lowest BCUT2D eigenvalue weighted by Crippen LogP contribution is -2.40. The summed E-state index contributed by atoms with van der Waals surface area (Å²) < 4.78 is 50.4. The second-order valence-electron chi connectivity index (χ2n) is 10.7. The number of carbonyl (C=O) groups excluding carboxylic acids is 2. The maximum Gasteiger partial charge on any atom is 0.410 e. The third kappa shape index (κ3) is 5.21. The van der Waals surface area contributed by atoms with E-state index in [1.54, 1.807) is 31.2 Å². The fourth-order valence-electron chi connectivity index (χ4n) is 5.45. The van der Waals surface area contributed by atoms with E-state index in [0.29, 0.717) is 45.8 Å². The number of aryl methyl sites for hydroxylation is 1. The van der Waals surface area contributed by atoms with Gasteiger partial charge < -0.3 is 24.5 Å². The molecule has 6 rings (SSSR count). The predicted molar refractivity (Wildman–Crippen MR) is 128 cm³/mol. The maximum atomic E-state index is 13.0. The van der Waals surface area contributed by atoms with Crippen LogP contribution in [0.25, 0.3) is 11.1 Å².